The maximum absolute atomic E-state index is 10.3. The van der Waals surface area contributed by atoms with Crippen molar-refractivity contribution in [3.8, 4) is 0 Å². The molecule has 136 valence electrons. The summed E-state index contributed by atoms with van der Waals surface area (Å²) in [5.41, 5.74) is 3.41. The summed E-state index contributed by atoms with van der Waals surface area (Å²) in [6.07, 6.45) is 1.89. The van der Waals surface area contributed by atoms with Crippen molar-refractivity contribution in [2.75, 3.05) is 19.7 Å². The second kappa shape index (κ2) is 8.61. The van der Waals surface area contributed by atoms with Crippen LogP contribution in [0.3, 0.4) is 0 Å². The van der Waals surface area contributed by atoms with Crippen molar-refractivity contribution in [1.82, 2.24) is 14.7 Å². The topological polar surface area (TPSA) is 50.5 Å². The lowest BCUT2D eigenvalue weighted by atomic mass is 10.2. The number of ether oxygens (including phenoxy) is 1. The summed E-state index contributed by atoms with van der Waals surface area (Å²) in [7, 11) is 0. The lowest BCUT2D eigenvalue weighted by Gasteiger charge is -2.27. The highest BCUT2D eigenvalue weighted by Crippen LogP contribution is 2.20. The number of nitrogens with zero attached hydrogens (tertiary/aromatic N) is 3. The van der Waals surface area contributed by atoms with Crippen LogP contribution in [0.25, 0.3) is 0 Å². The smallest absolute Gasteiger partial charge is 0.0900 e. The third-order valence-corrected chi connectivity index (χ3v) is 4.85. The van der Waals surface area contributed by atoms with Gasteiger partial charge in [-0.05, 0) is 44.9 Å². The molecule has 25 heavy (non-hydrogen) atoms. The molecular formula is C20H29N3O2. The summed E-state index contributed by atoms with van der Waals surface area (Å²) in [6.45, 7) is 7.66. The molecule has 5 heteroatoms. The number of aliphatic hydroxyl groups is 1. The number of likely N-dealkylation sites (tertiary alicyclic amines) is 1. The zero-order valence-corrected chi connectivity index (χ0v) is 15.3. The molecular weight excluding hydrogens is 314 g/mol. The van der Waals surface area contributed by atoms with E-state index in [0.717, 1.165) is 30.8 Å². The second-order valence-electron chi connectivity index (χ2n) is 7.05. The largest absolute Gasteiger partial charge is 0.389 e. The molecule has 3 rings (SSSR count). The molecule has 2 atom stereocenters. The molecule has 1 aliphatic heterocycles. The molecule has 0 spiro atoms. The van der Waals surface area contributed by atoms with Gasteiger partial charge >= 0.3 is 0 Å². The summed E-state index contributed by atoms with van der Waals surface area (Å²) in [5, 5.41) is 14.9. The van der Waals surface area contributed by atoms with E-state index in [2.05, 4.69) is 27.7 Å². The summed E-state index contributed by atoms with van der Waals surface area (Å²) in [5.74, 6) is 0. The minimum absolute atomic E-state index is 0.373. The molecule has 1 aromatic carbocycles. The van der Waals surface area contributed by atoms with E-state index in [0.29, 0.717) is 25.8 Å². The first-order valence-electron chi connectivity index (χ1n) is 9.16. The molecule has 2 heterocycles. The first-order valence-corrected chi connectivity index (χ1v) is 9.16. The fourth-order valence-corrected chi connectivity index (χ4v) is 3.61. The molecule has 2 aromatic rings. The highest BCUT2D eigenvalue weighted by atomic mass is 16.5. The predicted molar refractivity (Wildman–Crippen MR) is 98.4 cm³/mol. The van der Waals surface area contributed by atoms with Gasteiger partial charge < -0.3 is 9.84 Å². The number of β-amino-alcohol motifs (C(OH)–C–C–N with tert-alkyl or cyclic N) is 1. The Morgan fingerprint density at radius 3 is 2.80 bits per heavy atom. The quantitative estimate of drug-likeness (QED) is 0.800. The maximum Gasteiger partial charge on any atom is 0.0900 e. The average Bonchev–Trinajstić information content (AvgIpc) is 3.15. The van der Waals surface area contributed by atoms with E-state index in [-0.39, 0.29) is 0 Å². The van der Waals surface area contributed by atoms with Gasteiger partial charge in [0.1, 0.15) is 0 Å². The van der Waals surface area contributed by atoms with Crippen LogP contribution in [0.15, 0.2) is 36.4 Å². The van der Waals surface area contributed by atoms with Crippen LogP contribution in [0.2, 0.25) is 0 Å². The summed E-state index contributed by atoms with van der Waals surface area (Å²) >= 11 is 0. The van der Waals surface area contributed by atoms with E-state index >= 15 is 0 Å². The van der Waals surface area contributed by atoms with Gasteiger partial charge in [-0.15, -0.1) is 0 Å². The van der Waals surface area contributed by atoms with Crippen LogP contribution in [0, 0.1) is 13.8 Å². The number of aromatic nitrogens is 2. The Labute approximate surface area is 150 Å². The van der Waals surface area contributed by atoms with Crippen LogP contribution in [0.5, 0.6) is 0 Å². The van der Waals surface area contributed by atoms with Crippen molar-refractivity contribution >= 4 is 0 Å². The van der Waals surface area contributed by atoms with E-state index in [1.807, 2.05) is 37.3 Å². The SMILES string of the molecule is Cc1cc(C)n(CC2CCCN2CC(O)COCc2ccccc2)n1. The van der Waals surface area contributed by atoms with Gasteiger partial charge in [0.2, 0.25) is 0 Å². The molecule has 5 nitrogen and oxygen atoms in total. The molecule has 2 unspecified atom stereocenters. The Balaban J connectivity index is 1.45. The molecule has 0 amide bonds. The fourth-order valence-electron chi connectivity index (χ4n) is 3.61. The first-order chi connectivity index (χ1) is 12.1. The standard InChI is InChI=1S/C20H29N3O2/c1-16-11-17(2)23(21-16)12-19-9-6-10-22(19)13-20(24)15-25-14-18-7-4-3-5-8-18/h3-5,7-8,11,19-20,24H,6,9-10,12-15H2,1-2H3. The first kappa shape index (κ1) is 18.1. The Hall–Kier alpha value is -1.69. The van der Waals surface area contributed by atoms with Crippen LogP contribution in [0.4, 0.5) is 0 Å². The number of benzene rings is 1. The van der Waals surface area contributed by atoms with E-state index in [9.17, 15) is 5.11 Å². The number of aliphatic hydroxyl groups excluding tert-OH is 1. The van der Waals surface area contributed by atoms with E-state index < -0.39 is 6.10 Å². The highest BCUT2D eigenvalue weighted by Gasteiger charge is 2.27. The Morgan fingerprint density at radius 2 is 2.08 bits per heavy atom. The Kier molecular flexibility index (Phi) is 6.24. The van der Waals surface area contributed by atoms with Gasteiger partial charge in [-0.3, -0.25) is 9.58 Å². The molecule has 1 fully saturated rings. The van der Waals surface area contributed by atoms with Crippen LogP contribution in [-0.2, 0) is 17.9 Å². The minimum Gasteiger partial charge on any atom is -0.389 e. The van der Waals surface area contributed by atoms with Gasteiger partial charge in [-0.2, -0.15) is 5.10 Å². The van der Waals surface area contributed by atoms with E-state index in [1.165, 1.54) is 12.1 Å². The lowest BCUT2D eigenvalue weighted by molar-refractivity contribution is 0.00663. The van der Waals surface area contributed by atoms with Crippen molar-refractivity contribution < 1.29 is 9.84 Å². The summed E-state index contributed by atoms with van der Waals surface area (Å²) < 4.78 is 7.77. The van der Waals surface area contributed by atoms with Crippen molar-refractivity contribution in [1.29, 1.82) is 0 Å². The molecule has 1 N–H and O–H groups in total. The number of hydrogen-bond donors (Lipinski definition) is 1. The van der Waals surface area contributed by atoms with E-state index in [1.54, 1.807) is 0 Å². The van der Waals surface area contributed by atoms with Gasteiger partial charge in [-0.25, -0.2) is 0 Å². The van der Waals surface area contributed by atoms with Crippen LogP contribution < -0.4 is 0 Å². The summed E-state index contributed by atoms with van der Waals surface area (Å²) in [6, 6.07) is 12.6. The predicted octanol–water partition coefficient (Wildman–Crippen LogP) is 2.54. The van der Waals surface area contributed by atoms with E-state index in [4.69, 9.17) is 4.74 Å². The average molecular weight is 343 g/mol. The maximum atomic E-state index is 10.3. The van der Waals surface area contributed by atoms with Crippen molar-refractivity contribution in [3.05, 3.63) is 53.3 Å². The number of rotatable bonds is 8. The number of hydrogen-bond acceptors (Lipinski definition) is 4. The third-order valence-electron chi connectivity index (χ3n) is 4.85. The third kappa shape index (κ3) is 5.14. The van der Waals surface area contributed by atoms with Crippen LogP contribution in [-0.4, -0.2) is 51.6 Å². The lowest BCUT2D eigenvalue weighted by Crippen LogP contribution is -2.40. The van der Waals surface area contributed by atoms with Gasteiger partial charge in [0.05, 0.1) is 31.6 Å². The summed E-state index contributed by atoms with van der Waals surface area (Å²) in [4.78, 5) is 2.38. The zero-order chi connectivity index (χ0) is 17.6. The zero-order valence-electron chi connectivity index (χ0n) is 15.3. The molecule has 1 aliphatic rings. The van der Waals surface area contributed by atoms with Gasteiger partial charge in [0, 0.05) is 18.3 Å². The number of aryl methyl sites for hydroxylation is 2. The van der Waals surface area contributed by atoms with Gasteiger partial charge in [0.15, 0.2) is 0 Å². The normalized spacial score (nSPS) is 19.4. The van der Waals surface area contributed by atoms with Gasteiger partial charge in [-0.1, -0.05) is 30.3 Å². The van der Waals surface area contributed by atoms with Gasteiger partial charge in [0.25, 0.3) is 0 Å². The fraction of sp³-hybridized carbons (Fsp3) is 0.550. The van der Waals surface area contributed by atoms with Crippen molar-refractivity contribution in [3.63, 3.8) is 0 Å². The molecule has 1 saturated heterocycles. The molecule has 0 radical (unpaired) electrons. The monoisotopic (exact) mass is 343 g/mol. The minimum atomic E-state index is -0.454. The Morgan fingerprint density at radius 1 is 1.28 bits per heavy atom. The van der Waals surface area contributed by atoms with Crippen LogP contribution >= 0.6 is 0 Å². The molecule has 0 aliphatic carbocycles. The molecule has 0 bridgehead atoms. The van der Waals surface area contributed by atoms with Crippen LogP contribution in [0.1, 0.15) is 29.8 Å². The second-order valence-corrected chi connectivity index (χ2v) is 7.05. The highest BCUT2D eigenvalue weighted by molar-refractivity contribution is 5.13. The van der Waals surface area contributed by atoms with Crippen molar-refractivity contribution in [2.24, 2.45) is 0 Å². The molecule has 1 aromatic heterocycles. The Bertz CT molecular complexity index is 656. The van der Waals surface area contributed by atoms with Crippen molar-refractivity contribution in [2.45, 2.75) is 52.0 Å². The molecule has 0 saturated carbocycles.